The zero-order valence-corrected chi connectivity index (χ0v) is 18.4. The molecule has 158 valence electrons. The van der Waals surface area contributed by atoms with Gasteiger partial charge in [0.05, 0.1) is 24.9 Å². The van der Waals surface area contributed by atoms with Crippen molar-refractivity contribution in [1.82, 2.24) is 14.5 Å². The van der Waals surface area contributed by atoms with Crippen LogP contribution in [0.15, 0.2) is 30.5 Å². The van der Waals surface area contributed by atoms with Gasteiger partial charge in [0.15, 0.2) is 0 Å². The lowest BCUT2D eigenvalue weighted by atomic mass is 9.94. The van der Waals surface area contributed by atoms with Crippen LogP contribution in [0.2, 0.25) is 0 Å². The van der Waals surface area contributed by atoms with Crippen LogP contribution in [0.25, 0.3) is 11.3 Å². The summed E-state index contributed by atoms with van der Waals surface area (Å²) in [6, 6.07) is 7.23. The lowest BCUT2D eigenvalue weighted by Crippen LogP contribution is -2.50. The van der Waals surface area contributed by atoms with Crippen LogP contribution in [0, 0.1) is 5.92 Å². The molecule has 6 nitrogen and oxygen atoms in total. The topological polar surface area (TPSA) is 73.4 Å². The highest BCUT2D eigenvalue weighted by atomic mass is 32.1. The molecule has 29 heavy (non-hydrogen) atoms. The first kappa shape index (κ1) is 21.7. The van der Waals surface area contributed by atoms with Gasteiger partial charge in [-0.15, -0.1) is 0 Å². The highest BCUT2D eigenvalue weighted by Gasteiger charge is 2.35. The molecule has 1 aliphatic heterocycles. The largest absolute Gasteiger partial charge is 0.496 e. The van der Waals surface area contributed by atoms with E-state index in [2.05, 4.69) is 37.2 Å². The highest BCUT2D eigenvalue weighted by Crippen LogP contribution is 2.36. The molecular weight excluding hydrogens is 384 g/mol. The Bertz CT molecular complexity index is 838. The van der Waals surface area contributed by atoms with Crippen molar-refractivity contribution in [3.8, 4) is 17.0 Å². The van der Waals surface area contributed by atoms with Gasteiger partial charge < -0.3 is 19.9 Å². The molecule has 0 saturated heterocycles. The van der Waals surface area contributed by atoms with Crippen molar-refractivity contribution in [1.29, 1.82) is 0 Å². The molecule has 1 unspecified atom stereocenters. The number of nitrogens with two attached hydrogens (primary N) is 1. The average Bonchev–Trinajstić information content (AvgIpc) is 3.17. The number of carbonyl (C=O) groups excluding carboxylic acids is 1. The molecule has 1 aromatic heterocycles. The van der Waals surface area contributed by atoms with Crippen molar-refractivity contribution in [3.05, 3.63) is 36.3 Å². The van der Waals surface area contributed by atoms with E-state index in [0.717, 1.165) is 42.1 Å². The third-order valence-corrected chi connectivity index (χ3v) is 6.04. The number of hydrogen-bond acceptors (Lipinski definition) is 5. The Morgan fingerprint density at radius 3 is 2.83 bits per heavy atom. The van der Waals surface area contributed by atoms with Crippen LogP contribution in [0.5, 0.6) is 5.75 Å². The standard InChI is InChI=1S/C22H32N4O2S/c1-4-7-15(2)12-19-21-24-18(16-8-5-6-9-20(16)28-3)13-25(21)10-11-26(19)22(27)17(23)14-29/h5-6,8-9,13,15,17,19,29H,4,7,10-12,14,23H2,1-3H3/t15?,17-,19-/m0/s1. The molecule has 2 aromatic rings. The summed E-state index contributed by atoms with van der Waals surface area (Å²) in [5, 5.41) is 0. The zero-order valence-electron chi connectivity index (χ0n) is 17.5. The summed E-state index contributed by atoms with van der Waals surface area (Å²) in [7, 11) is 1.67. The first-order valence-corrected chi connectivity index (χ1v) is 11.0. The zero-order chi connectivity index (χ0) is 21.0. The number of nitrogens with zero attached hydrogens (tertiary/aromatic N) is 3. The fourth-order valence-corrected chi connectivity index (χ4v) is 4.31. The van der Waals surface area contributed by atoms with E-state index in [1.807, 2.05) is 29.2 Å². The number of methoxy groups -OCH3 is 1. The van der Waals surface area contributed by atoms with Crippen LogP contribution in [-0.2, 0) is 11.3 Å². The number of ether oxygens (including phenoxy) is 1. The molecule has 7 heteroatoms. The summed E-state index contributed by atoms with van der Waals surface area (Å²) in [6.45, 7) is 5.78. The molecule has 0 radical (unpaired) electrons. The molecule has 1 aromatic carbocycles. The van der Waals surface area contributed by atoms with E-state index in [-0.39, 0.29) is 11.9 Å². The van der Waals surface area contributed by atoms with E-state index in [0.29, 0.717) is 24.8 Å². The summed E-state index contributed by atoms with van der Waals surface area (Å²) in [6.07, 6.45) is 5.20. The number of aromatic nitrogens is 2. The average molecular weight is 417 g/mol. The fourth-order valence-electron chi connectivity index (χ4n) is 4.15. The van der Waals surface area contributed by atoms with Crippen LogP contribution in [-0.4, -0.2) is 45.8 Å². The fraction of sp³-hybridized carbons (Fsp3) is 0.545. The Kier molecular flexibility index (Phi) is 7.24. The van der Waals surface area contributed by atoms with Crippen molar-refractivity contribution < 1.29 is 9.53 Å². The first-order chi connectivity index (χ1) is 14.0. The van der Waals surface area contributed by atoms with Gasteiger partial charge in [0.25, 0.3) is 0 Å². The molecule has 1 aliphatic rings. The maximum atomic E-state index is 13.0. The molecule has 2 N–H and O–H groups in total. The van der Waals surface area contributed by atoms with Crippen molar-refractivity contribution in [2.75, 3.05) is 19.4 Å². The number of thiol groups is 1. The van der Waals surface area contributed by atoms with Crippen molar-refractivity contribution >= 4 is 18.5 Å². The monoisotopic (exact) mass is 416 g/mol. The second-order valence-electron chi connectivity index (χ2n) is 7.84. The second-order valence-corrected chi connectivity index (χ2v) is 8.21. The SMILES string of the molecule is CCCC(C)C[C@H]1c2nc(-c3ccccc3OC)cn2CCN1C(=O)[C@@H](N)CS. The van der Waals surface area contributed by atoms with Gasteiger partial charge in [-0.3, -0.25) is 4.79 Å². The number of rotatable bonds is 8. The van der Waals surface area contributed by atoms with Crippen LogP contribution in [0.4, 0.5) is 0 Å². The van der Waals surface area contributed by atoms with Gasteiger partial charge in [-0.05, 0) is 24.5 Å². The number of fused-ring (bicyclic) bond motifs is 1. The number of para-hydroxylation sites is 1. The van der Waals surface area contributed by atoms with E-state index < -0.39 is 6.04 Å². The van der Waals surface area contributed by atoms with E-state index >= 15 is 0 Å². The summed E-state index contributed by atoms with van der Waals surface area (Å²) in [4.78, 5) is 19.9. The number of imidazole rings is 1. The maximum Gasteiger partial charge on any atom is 0.241 e. The number of amides is 1. The summed E-state index contributed by atoms with van der Waals surface area (Å²) < 4.78 is 7.70. The number of benzene rings is 1. The molecule has 0 spiro atoms. The Morgan fingerprint density at radius 1 is 1.38 bits per heavy atom. The number of carbonyl (C=O) groups is 1. The smallest absolute Gasteiger partial charge is 0.241 e. The van der Waals surface area contributed by atoms with Gasteiger partial charge >= 0.3 is 0 Å². The Labute approximate surface area is 178 Å². The van der Waals surface area contributed by atoms with Crippen LogP contribution in [0.1, 0.15) is 45.0 Å². The second kappa shape index (κ2) is 9.67. The quantitative estimate of drug-likeness (QED) is 0.646. The summed E-state index contributed by atoms with van der Waals surface area (Å²) >= 11 is 4.23. The normalized spacial score (nSPS) is 18.2. The number of hydrogen-bond donors (Lipinski definition) is 2. The molecule has 0 fully saturated rings. The third-order valence-electron chi connectivity index (χ3n) is 5.65. The van der Waals surface area contributed by atoms with Gasteiger partial charge in [-0.25, -0.2) is 4.98 Å². The van der Waals surface area contributed by atoms with E-state index in [4.69, 9.17) is 15.5 Å². The Hall–Kier alpha value is -1.99. The predicted molar refractivity (Wildman–Crippen MR) is 119 cm³/mol. The lowest BCUT2D eigenvalue weighted by molar-refractivity contribution is -0.136. The minimum absolute atomic E-state index is 0.0400. The Balaban J connectivity index is 1.99. The molecule has 0 saturated carbocycles. The van der Waals surface area contributed by atoms with Gasteiger partial charge in [0.2, 0.25) is 5.91 Å². The molecule has 3 rings (SSSR count). The molecular formula is C22H32N4O2S. The molecule has 0 aliphatic carbocycles. The van der Waals surface area contributed by atoms with Gasteiger partial charge in [0.1, 0.15) is 11.6 Å². The lowest BCUT2D eigenvalue weighted by Gasteiger charge is -2.38. The summed E-state index contributed by atoms with van der Waals surface area (Å²) in [5.41, 5.74) is 7.88. The molecule has 1 amide bonds. The maximum absolute atomic E-state index is 13.0. The van der Waals surface area contributed by atoms with Crippen molar-refractivity contribution in [3.63, 3.8) is 0 Å². The minimum atomic E-state index is -0.586. The van der Waals surface area contributed by atoms with Crippen LogP contribution >= 0.6 is 12.6 Å². The van der Waals surface area contributed by atoms with Gasteiger partial charge in [0, 0.05) is 30.6 Å². The third kappa shape index (κ3) is 4.61. The van der Waals surface area contributed by atoms with E-state index in [1.54, 1.807) is 7.11 Å². The highest BCUT2D eigenvalue weighted by molar-refractivity contribution is 7.80. The van der Waals surface area contributed by atoms with E-state index in [9.17, 15) is 4.79 Å². The Morgan fingerprint density at radius 2 is 2.14 bits per heavy atom. The van der Waals surface area contributed by atoms with Crippen molar-refractivity contribution in [2.24, 2.45) is 11.7 Å². The molecule has 0 bridgehead atoms. The molecule has 3 atom stereocenters. The molecule has 2 heterocycles. The minimum Gasteiger partial charge on any atom is -0.496 e. The predicted octanol–water partition coefficient (Wildman–Crippen LogP) is 3.53. The van der Waals surface area contributed by atoms with Gasteiger partial charge in [-0.1, -0.05) is 38.8 Å². The van der Waals surface area contributed by atoms with Crippen molar-refractivity contribution in [2.45, 2.75) is 51.7 Å². The first-order valence-electron chi connectivity index (χ1n) is 10.4. The van der Waals surface area contributed by atoms with Crippen LogP contribution in [0.3, 0.4) is 0 Å². The van der Waals surface area contributed by atoms with Gasteiger partial charge in [-0.2, -0.15) is 12.6 Å². The van der Waals surface area contributed by atoms with E-state index in [1.165, 1.54) is 0 Å². The summed E-state index contributed by atoms with van der Waals surface area (Å²) in [5.74, 6) is 2.52. The van der Waals surface area contributed by atoms with Crippen LogP contribution < -0.4 is 10.5 Å².